The number of halogens is 3. The van der Waals surface area contributed by atoms with Crippen LogP contribution in [0.25, 0.3) is 0 Å². The molecule has 1 heterocycles. The van der Waals surface area contributed by atoms with Gasteiger partial charge in [0.15, 0.2) is 0 Å². The molecule has 2 fully saturated rings. The number of aliphatic carboxylic acids is 1. The van der Waals surface area contributed by atoms with Crippen molar-refractivity contribution in [3.05, 3.63) is 0 Å². The van der Waals surface area contributed by atoms with Crippen LogP contribution in [0, 0.1) is 0 Å². The average Bonchev–Trinajstić information content (AvgIpc) is 2.93. The molecule has 0 radical (unpaired) electrons. The van der Waals surface area contributed by atoms with Crippen LogP contribution in [-0.2, 0) is 9.53 Å². The molecule has 1 N–H and O–H groups in total. The maximum atomic E-state index is 11.6. The van der Waals surface area contributed by atoms with Gasteiger partial charge in [-0.25, -0.2) is 9.59 Å². The number of amides is 1. The molecule has 5 nitrogen and oxygen atoms in total. The van der Waals surface area contributed by atoms with E-state index in [0.717, 1.165) is 38.8 Å². The molecule has 0 aromatic carbocycles. The van der Waals surface area contributed by atoms with Crippen LogP contribution < -0.4 is 0 Å². The number of carbonyl (C=O) groups excluding carboxylic acids is 1. The Labute approximate surface area is 121 Å². The Kier molecular flexibility index (Phi) is 6.77. The Morgan fingerprint density at radius 3 is 1.90 bits per heavy atom. The van der Waals surface area contributed by atoms with Gasteiger partial charge >= 0.3 is 18.2 Å². The number of alkyl halides is 3. The molecule has 1 amide bonds. The lowest BCUT2D eigenvalue weighted by molar-refractivity contribution is -0.192. The van der Waals surface area contributed by atoms with Crippen molar-refractivity contribution in [1.82, 2.24) is 4.90 Å². The van der Waals surface area contributed by atoms with E-state index in [4.69, 9.17) is 14.6 Å². The van der Waals surface area contributed by atoms with Gasteiger partial charge in [-0.05, 0) is 38.5 Å². The lowest BCUT2D eigenvalue weighted by atomic mass is 9.98. The van der Waals surface area contributed by atoms with Crippen molar-refractivity contribution in [2.75, 3.05) is 13.1 Å². The maximum absolute atomic E-state index is 11.6. The van der Waals surface area contributed by atoms with Gasteiger partial charge in [0.1, 0.15) is 6.10 Å². The van der Waals surface area contributed by atoms with Crippen LogP contribution in [0.2, 0.25) is 0 Å². The zero-order valence-corrected chi connectivity index (χ0v) is 11.7. The number of carboxylic acid groups (broad SMARTS) is 1. The number of carbonyl (C=O) groups is 2. The number of likely N-dealkylation sites (tertiary alicyclic amines) is 1. The van der Waals surface area contributed by atoms with Crippen molar-refractivity contribution in [2.45, 2.75) is 57.2 Å². The number of ether oxygens (including phenoxy) is 1. The highest BCUT2D eigenvalue weighted by atomic mass is 19.4. The molecule has 1 saturated carbocycles. The van der Waals surface area contributed by atoms with Gasteiger partial charge in [-0.2, -0.15) is 13.2 Å². The van der Waals surface area contributed by atoms with E-state index in [1.165, 1.54) is 19.3 Å². The zero-order valence-electron chi connectivity index (χ0n) is 11.7. The largest absolute Gasteiger partial charge is 0.490 e. The van der Waals surface area contributed by atoms with E-state index in [1.807, 2.05) is 4.90 Å². The summed E-state index contributed by atoms with van der Waals surface area (Å²) in [5.74, 6) is -2.76. The SMILES string of the molecule is O=C(O)C(F)(F)F.O=C(OC1CCCCC1)N1CCCC1. The van der Waals surface area contributed by atoms with Gasteiger partial charge in [0.2, 0.25) is 0 Å². The molecular weight excluding hydrogens is 291 g/mol. The quantitative estimate of drug-likeness (QED) is 0.807. The Hall–Kier alpha value is -1.47. The number of rotatable bonds is 1. The van der Waals surface area contributed by atoms with Gasteiger partial charge in [-0.15, -0.1) is 0 Å². The van der Waals surface area contributed by atoms with E-state index < -0.39 is 12.1 Å². The first-order chi connectivity index (χ1) is 9.80. The Balaban J connectivity index is 0.000000270. The fraction of sp³-hybridized carbons (Fsp3) is 0.846. The molecule has 8 heteroatoms. The highest BCUT2D eigenvalue weighted by Gasteiger charge is 2.38. The molecule has 0 atom stereocenters. The van der Waals surface area contributed by atoms with Crippen LogP contribution in [0.1, 0.15) is 44.9 Å². The van der Waals surface area contributed by atoms with E-state index in [2.05, 4.69) is 0 Å². The number of hydrogen-bond donors (Lipinski definition) is 1. The Bertz CT molecular complexity index is 348. The smallest absolute Gasteiger partial charge is 0.475 e. The number of nitrogens with zero attached hydrogens (tertiary/aromatic N) is 1. The summed E-state index contributed by atoms with van der Waals surface area (Å²) in [7, 11) is 0. The highest BCUT2D eigenvalue weighted by Crippen LogP contribution is 2.21. The second kappa shape index (κ2) is 8.09. The lowest BCUT2D eigenvalue weighted by Crippen LogP contribution is -2.32. The summed E-state index contributed by atoms with van der Waals surface area (Å²) < 4.78 is 37.2. The van der Waals surface area contributed by atoms with Crippen molar-refractivity contribution in [3.8, 4) is 0 Å². The Morgan fingerprint density at radius 2 is 1.48 bits per heavy atom. The third kappa shape index (κ3) is 6.68. The monoisotopic (exact) mass is 311 g/mol. The summed E-state index contributed by atoms with van der Waals surface area (Å²) >= 11 is 0. The molecule has 2 rings (SSSR count). The van der Waals surface area contributed by atoms with Crippen molar-refractivity contribution >= 4 is 12.1 Å². The minimum absolute atomic E-state index is 0.0746. The molecule has 0 aromatic rings. The summed E-state index contributed by atoms with van der Waals surface area (Å²) in [5.41, 5.74) is 0. The van der Waals surface area contributed by atoms with Gasteiger partial charge in [-0.3, -0.25) is 0 Å². The van der Waals surface area contributed by atoms with Crippen LogP contribution in [0.4, 0.5) is 18.0 Å². The second-order valence-corrected chi connectivity index (χ2v) is 5.14. The van der Waals surface area contributed by atoms with Crippen molar-refractivity contribution in [3.63, 3.8) is 0 Å². The molecule has 0 bridgehead atoms. The van der Waals surface area contributed by atoms with Crippen LogP contribution in [0.3, 0.4) is 0 Å². The van der Waals surface area contributed by atoms with E-state index in [1.54, 1.807) is 0 Å². The molecular formula is C13H20F3NO4. The molecule has 1 saturated heterocycles. The third-order valence-corrected chi connectivity index (χ3v) is 3.43. The first-order valence-corrected chi connectivity index (χ1v) is 7.06. The van der Waals surface area contributed by atoms with Gasteiger partial charge in [0.25, 0.3) is 0 Å². The summed E-state index contributed by atoms with van der Waals surface area (Å²) in [5, 5.41) is 7.12. The van der Waals surface area contributed by atoms with Gasteiger partial charge in [-0.1, -0.05) is 6.42 Å². The lowest BCUT2D eigenvalue weighted by Gasteiger charge is -2.24. The predicted molar refractivity (Wildman–Crippen MR) is 67.9 cm³/mol. The molecule has 1 aliphatic carbocycles. The summed E-state index contributed by atoms with van der Waals surface area (Å²) in [4.78, 5) is 22.4. The number of hydrogen-bond acceptors (Lipinski definition) is 3. The van der Waals surface area contributed by atoms with E-state index in [0.29, 0.717) is 0 Å². The molecule has 0 unspecified atom stereocenters. The molecule has 0 aromatic heterocycles. The van der Waals surface area contributed by atoms with Gasteiger partial charge in [0, 0.05) is 13.1 Å². The third-order valence-electron chi connectivity index (χ3n) is 3.43. The second-order valence-electron chi connectivity index (χ2n) is 5.14. The maximum Gasteiger partial charge on any atom is 0.490 e. The molecule has 21 heavy (non-hydrogen) atoms. The van der Waals surface area contributed by atoms with Crippen LogP contribution >= 0.6 is 0 Å². The average molecular weight is 311 g/mol. The molecule has 122 valence electrons. The van der Waals surface area contributed by atoms with E-state index >= 15 is 0 Å². The van der Waals surface area contributed by atoms with Crippen molar-refractivity contribution in [2.24, 2.45) is 0 Å². The minimum atomic E-state index is -5.08. The van der Waals surface area contributed by atoms with Crippen LogP contribution in [-0.4, -0.2) is 47.4 Å². The van der Waals surface area contributed by atoms with Crippen LogP contribution in [0.15, 0.2) is 0 Å². The topological polar surface area (TPSA) is 66.8 Å². The van der Waals surface area contributed by atoms with Crippen molar-refractivity contribution in [1.29, 1.82) is 0 Å². The van der Waals surface area contributed by atoms with Gasteiger partial charge < -0.3 is 14.7 Å². The standard InChI is InChI=1S/C11H19NO2.C2HF3O2/c13-11(12-8-4-5-9-12)14-10-6-2-1-3-7-10;3-2(4,5)1(6)7/h10H,1-9H2;(H,6,7). The van der Waals surface area contributed by atoms with Crippen LogP contribution in [0.5, 0.6) is 0 Å². The zero-order chi connectivity index (χ0) is 15.9. The number of carboxylic acids is 1. The van der Waals surface area contributed by atoms with E-state index in [9.17, 15) is 18.0 Å². The Morgan fingerprint density at radius 1 is 1.00 bits per heavy atom. The fourth-order valence-corrected chi connectivity index (χ4v) is 2.30. The fourth-order valence-electron chi connectivity index (χ4n) is 2.30. The molecule has 2 aliphatic rings. The predicted octanol–water partition coefficient (Wildman–Crippen LogP) is 3.18. The van der Waals surface area contributed by atoms with Gasteiger partial charge in [0.05, 0.1) is 0 Å². The first-order valence-electron chi connectivity index (χ1n) is 7.06. The van der Waals surface area contributed by atoms with Crippen molar-refractivity contribution < 1.29 is 32.6 Å². The minimum Gasteiger partial charge on any atom is -0.475 e. The normalized spacial score (nSPS) is 19.7. The first kappa shape index (κ1) is 17.6. The van der Waals surface area contributed by atoms with E-state index in [-0.39, 0.29) is 12.2 Å². The summed E-state index contributed by atoms with van der Waals surface area (Å²) in [6, 6.07) is 0. The highest BCUT2D eigenvalue weighted by molar-refractivity contribution is 5.73. The summed E-state index contributed by atoms with van der Waals surface area (Å²) in [6.07, 6.45) is 3.21. The summed E-state index contributed by atoms with van der Waals surface area (Å²) in [6.45, 7) is 1.79. The molecule has 1 aliphatic heterocycles. The molecule has 0 spiro atoms.